The first kappa shape index (κ1) is 19.7. The zero-order valence-corrected chi connectivity index (χ0v) is 16.2. The summed E-state index contributed by atoms with van der Waals surface area (Å²) in [5.41, 5.74) is 2.00. The monoisotopic (exact) mass is 377 g/mol. The summed E-state index contributed by atoms with van der Waals surface area (Å²) < 4.78 is 16.2. The van der Waals surface area contributed by atoms with Crippen molar-refractivity contribution in [2.75, 3.05) is 28.4 Å². The Hall–Kier alpha value is -2.60. The molecule has 0 aliphatic rings. The van der Waals surface area contributed by atoms with Crippen LogP contribution in [0.25, 0.3) is 0 Å². The fourth-order valence-corrected chi connectivity index (χ4v) is 2.75. The lowest BCUT2D eigenvalue weighted by Crippen LogP contribution is -2.36. The van der Waals surface area contributed by atoms with Gasteiger partial charge in [-0.05, 0) is 29.8 Å². The summed E-state index contributed by atoms with van der Waals surface area (Å²) >= 11 is 6.01. The van der Waals surface area contributed by atoms with Gasteiger partial charge in [0.15, 0.2) is 17.5 Å². The Balaban J connectivity index is 2.04. The van der Waals surface area contributed by atoms with Crippen molar-refractivity contribution in [1.29, 1.82) is 0 Å². The average molecular weight is 378 g/mol. The van der Waals surface area contributed by atoms with Gasteiger partial charge in [0.1, 0.15) is 0 Å². The first-order chi connectivity index (χ1) is 12.6. The highest BCUT2D eigenvalue weighted by molar-refractivity contribution is 6.30. The lowest BCUT2D eigenvalue weighted by Gasteiger charge is -2.17. The van der Waals surface area contributed by atoms with Crippen LogP contribution in [0.15, 0.2) is 41.4 Å². The van der Waals surface area contributed by atoms with Crippen LogP contribution in [-0.4, -0.2) is 34.3 Å². The molecule has 0 saturated heterocycles. The molecule has 26 heavy (non-hydrogen) atoms. The van der Waals surface area contributed by atoms with Crippen molar-refractivity contribution < 1.29 is 14.2 Å². The van der Waals surface area contributed by atoms with Crippen molar-refractivity contribution in [3.8, 4) is 17.2 Å². The molecule has 0 aromatic heterocycles. The van der Waals surface area contributed by atoms with Crippen molar-refractivity contribution in [3.05, 3.63) is 52.5 Å². The molecule has 0 bridgehead atoms. The summed E-state index contributed by atoms with van der Waals surface area (Å²) in [6, 6.07) is 11.5. The number of hydrogen-bond donors (Lipinski definition) is 2. The van der Waals surface area contributed by atoms with Crippen LogP contribution in [0.3, 0.4) is 0 Å². The van der Waals surface area contributed by atoms with Crippen LogP contribution in [0.2, 0.25) is 5.02 Å². The molecule has 2 aromatic carbocycles. The van der Waals surface area contributed by atoms with Gasteiger partial charge >= 0.3 is 0 Å². The highest BCUT2D eigenvalue weighted by atomic mass is 35.5. The highest BCUT2D eigenvalue weighted by Gasteiger charge is 2.15. The van der Waals surface area contributed by atoms with Gasteiger partial charge in [-0.2, -0.15) is 0 Å². The molecule has 6 nitrogen and oxygen atoms in total. The Morgan fingerprint density at radius 3 is 2.31 bits per heavy atom. The van der Waals surface area contributed by atoms with E-state index in [-0.39, 0.29) is 0 Å². The number of rotatable bonds is 7. The first-order valence-corrected chi connectivity index (χ1v) is 8.47. The molecule has 2 rings (SSSR count). The molecule has 2 aromatic rings. The Bertz CT molecular complexity index is 766. The van der Waals surface area contributed by atoms with E-state index in [1.54, 1.807) is 28.4 Å². The number of aliphatic imine (C=N–C) groups is 1. The minimum atomic E-state index is 0.513. The van der Waals surface area contributed by atoms with Gasteiger partial charge in [-0.3, -0.25) is 4.99 Å². The van der Waals surface area contributed by atoms with Gasteiger partial charge in [0, 0.05) is 30.7 Å². The van der Waals surface area contributed by atoms with Gasteiger partial charge in [-0.1, -0.05) is 23.7 Å². The predicted molar refractivity (Wildman–Crippen MR) is 105 cm³/mol. The molecule has 0 saturated carbocycles. The van der Waals surface area contributed by atoms with Crippen LogP contribution in [0, 0.1) is 0 Å². The number of halogens is 1. The molecule has 0 aliphatic carbocycles. The van der Waals surface area contributed by atoms with E-state index in [0.29, 0.717) is 41.3 Å². The predicted octanol–water partition coefficient (Wildman–Crippen LogP) is 3.23. The molecule has 0 unspecified atom stereocenters. The third-order valence-corrected chi connectivity index (χ3v) is 4.04. The molecular formula is C19H24ClN3O3. The second-order valence-corrected chi connectivity index (χ2v) is 5.84. The molecule has 2 N–H and O–H groups in total. The van der Waals surface area contributed by atoms with Gasteiger partial charge < -0.3 is 24.8 Å². The largest absolute Gasteiger partial charge is 0.493 e. The smallest absolute Gasteiger partial charge is 0.203 e. The zero-order valence-electron chi connectivity index (χ0n) is 15.4. The number of nitrogens with zero attached hydrogens (tertiary/aromatic N) is 1. The summed E-state index contributed by atoms with van der Waals surface area (Å²) in [5.74, 6) is 2.49. The fourth-order valence-electron chi connectivity index (χ4n) is 2.53. The molecule has 0 fully saturated rings. The van der Waals surface area contributed by atoms with Crippen LogP contribution in [0.1, 0.15) is 11.1 Å². The second-order valence-electron chi connectivity index (χ2n) is 5.40. The second kappa shape index (κ2) is 9.77. The minimum absolute atomic E-state index is 0.513. The molecule has 0 radical (unpaired) electrons. The average Bonchev–Trinajstić information content (AvgIpc) is 2.67. The SMILES string of the molecule is CN=C(NCc1cccc(Cl)c1)NCc1ccc(OC)c(OC)c1OC. The minimum Gasteiger partial charge on any atom is -0.493 e. The summed E-state index contributed by atoms with van der Waals surface area (Å²) in [6.07, 6.45) is 0. The lowest BCUT2D eigenvalue weighted by atomic mass is 10.1. The lowest BCUT2D eigenvalue weighted by molar-refractivity contribution is 0.322. The summed E-state index contributed by atoms with van der Waals surface area (Å²) in [6.45, 7) is 1.13. The van der Waals surface area contributed by atoms with E-state index in [0.717, 1.165) is 11.1 Å². The maximum atomic E-state index is 6.01. The molecule has 7 heteroatoms. The van der Waals surface area contributed by atoms with Crippen LogP contribution in [-0.2, 0) is 13.1 Å². The molecule has 140 valence electrons. The number of guanidine groups is 1. The van der Waals surface area contributed by atoms with Crippen LogP contribution in [0.4, 0.5) is 0 Å². The third-order valence-electron chi connectivity index (χ3n) is 3.80. The number of methoxy groups -OCH3 is 3. The van der Waals surface area contributed by atoms with Crippen molar-refractivity contribution in [2.24, 2.45) is 4.99 Å². The summed E-state index contributed by atoms with van der Waals surface area (Å²) in [4.78, 5) is 4.24. The van der Waals surface area contributed by atoms with E-state index in [4.69, 9.17) is 25.8 Å². The van der Waals surface area contributed by atoms with E-state index >= 15 is 0 Å². The summed E-state index contributed by atoms with van der Waals surface area (Å²) in [5, 5.41) is 7.23. The standard InChI is InChI=1S/C19H24ClN3O3/c1-21-19(22-11-13-6-5-7-15(20)10-13)23-12-14-8-9-16(24-2)18(26-4)17(14)25-3/h5-10H,11-12H2,1-4H3,(H2,21,22,23). The van der Waals surface area contributed by atoms with E-state index in [1.807, 2.05) is 36.4 Å². The molecule has 0 aliphatic heterocycles. The quantitative estimate of drug-likeness (QED) is 0.573. The van der Waals surface area contributed by atoms with Crippen molar-refractivity contribution in [3.63, 3.8) is 0 Å². The molecule has 0 amide bonds. The van der Waals surface area contributed by atoms with Gasteiger partial charge in [0.2, 0.25) is 5.75 Å². The number of ether oxygens (including phenoxy) is 3. The van der Waals surface area contributed by atoms with Crippen molar-refractivity contribution in [1.82, 2.24) is 10.6 Å². The van der Waals surface area contributed by atoms with Crippen LogP contribution in [0.5, 0.6) is 17.2 Å². The number of nitrogens with one attached hydrogen (secondary N) is 2. The fraction of sp³-hybridized carbons (Fsp3) is 0.316. The van der Waals surface area contributed by atoms with E-state index in [1.165, 1.54) is 0 Å². The topological polar surface area (TPSA) is 64.1 Å². The van der Waals surface area contributed by atoms with Gasteiger partial charge in [0.25, 0.3) is 0 Å². The first-order valence-electron chi connectivity index (χ1n) is 8.09. The maximum Gasteiger partial charge on any atom is 0.203 e. The van der Waals surface area contributed by atoms with Gasteiger partial charge in [0.05, 0.1) is 21.3 Å². The summed E-state index contributed by atoms with van der Waals surface area (Å²) in [7, 11) is 6.51. The molecule has 0 heterocycles. The van der Waals surface area contributed by atoms with Gasteiger partial charge in [-0.15, -0.1) is 0 Å². The molecule has 0 spiro atoms. The number of hydrogen-bond acceptors (Lipinski definition) is 4. The normalized spacial score (nSPS) is 11.0. The van der Waals surface area contributed by atoms with E-state index in [2.05, 4.69) is 15.6 Å². The van der Waals surface area contributed by atoms with Crippen LogP contribution < -0.4 is 24.8 Å². The molecule has 0 atom stereocenters. The Morgan fingerprint density at radius 2 is 1.69 bits per heavy atom. The van der Waals surface area contributed by atoms with E-state index in [9.17, 15) is 0 Å². The van der Waals surface area contributed by atoms with Gasteiger partial charge in [-0.25, -0.2) is 0 Å². The van der Waals surface area contributed by atoms with Crippen molar-refractivity contribution >= 4 is 17.6 Å². The highest BCUT2D eigenvalue weighted by Crippen LogP contribution is 2.39. The maximum absolute atomic E-state index is 6.01. The van der Waals surface area contributed by atoms with Crippen molar-refractivity contribution in [2.45, 2.75) is 13.1 Å². The Morgan fingerprint density at radius 1 is 0.962 bits per heavy atom. The zero-order chi connectivity index (χ0) is 18.9. The van der Waals surface area contributed by atoms with E-state index < -0.39 is 0 Å². The number of benzene rings is 2. The Labute approximate surface area is 159 Å². The van der Waals surface area contributed by atoms with Crippen LogP contribution >= 0.6 is 11.6 Å². The third kappa shape index (κ3) is 4.95. The molecular weight excluding hydrogens is 354 g/mol. The Kier molecular flexibility index (Phi) is 7.41.